The fourth-order valence-electron chi connectivity index (χ4n) is 2.61. The largest absolute Gasteiger partial charge is 0.495 e. The smallest absolute Gasteiger partial charge is 0.144 e. The first-order valence-corrected chi connectivity index (χ1v) is 7.89. The first-order chi connectivity index (χ1) is 9.67. The molecule has 0 bridgehead atoms. The minimum atomic E-state index is 0.585. The van der Waals surface area contributed by atoms with E-state index >= 15 is 0 Å². The second-order valence-corrected chi connectivity index (χ2v) is 6.27. The summed E-state index contributed by atoms with van der Waals surface area (Å²) >= 11 is 7.14. The van der Waals surface area contributed by atoms with Crippen molar-refractivity contribution in [2.24, 2.45) is 0 Å². The zero-order chi connectivity index (χ0) is 14.3. The molecule has 20 heavy (non-hydrogen) atoms. The maximum atomic E-state index is 5.58. The molecule has 0 aliphatic carbocycles. The number of nitrogens with one attached hydrogen (secondary N) is 1. The first kappa shape index (κ1) is 14.1. The summed E-state index contributed by atoms with van der Waals surface area (Å²) in [6.45, 7) is 1.31. The average Bonchev–Trinajstić information content (AvgIpc) is 2.46. The lowest BCUT2D eigenvalue weighted by Crippen LogP contribution is -2.15. The van der Waals surface area contributed by atoms with Gasteiger partial charge in [-0.15, -0.1) is 0 Å². The van der Waals surface area contributed by atoms with Gasteiger partial charge < -0.3 is 14.8 Å². The summed E-state index contributed by atoms with van der Waals surface area (Å²) in [6, 6.07) is 1.97. The Morgan fingerprint density at radius 1 is 1.35 bits per heavy atom. The van der Waals surface area contributed by atoms with Crippen molar-refractivity contribution in [3.8, 4) is 5.75 Å². The van der Waals surface area contributed by atoms with Gasteiger partial charge in [0.15, 0.2) is 0 Å². The van der Waals surface area contributed by atoms with Crippen molar-refractivity contribution in [1.29, 1.82) is 0 Å². The third kappa shape index (κ3) is 2.10. The van der Waals surface area contributed by atoms with Crippen LogP contribution in [-0.2, 0) is 17.8 Å². The number of halogens is 2. The zero-order valence-electron chi connectivity index (χ0n) is 11.2. The Bertz CT molecular complexity index is 689. The van der Waals surface area contributed by atoms with Gasteiger partial charge in [0.05, 0.1) is 47.1 Å². The summed E-state index contributed by atoms with van der Waals surface area (Å²) in [7, 11) is 3.58. The summed E-state index contributed by atoms with van der Waals surface area (Å²) in [4.78, 5) is 4.81. The van der Waals surface area contributed by atoms with Crippen LogP contribution in [0.3, 0.4) is 0 Å². The summed E-state index contributed by atoms with van der Waals surface area (Å²) < 4.78 is 13.0. The molecule has 0 amide bonds. The highest BCUT2D eigenvalue weighted by atomic mass is 79.9. The lowest BCUT2D eigenvalue weighted by Gasteiger charge is -2.22. The van der Waals surface area contributed by atoms with Gasteiger partial charge >= 0.3 is 0 Å². The number of anilines is 1. The Balaban J connectivity index is 2.46. The molecule has 3 rings (SSSR count). The van der Waals surface area contributed by atoms with E-state index in [0.29, 0.717) is 6.61 Å². The summed E-state index contributed by atoms with van der Waals surface area (Å²) in [5.74, 6) is 0.786. The van der Waals surface area contributed by atoms with Crippen LogP contribution in [0.15, 0.2) is 15.0 Å². The van der Waals surface area contributed by atoms with Crippen molar-refractivity contribution in [3.05, 3.63) is 26.3 Å². The highest BCUT2D eigenvalue weighted by Gasteiger charge is 2.22. The standard InChI is InChI=1S/C14H14Br2N2O2/c1-17-12-7-6-20-4-3-10(7)18-13-8(15)5-9(16)14(19-2)11(12)13/h5H,3-4,6H2,1-2H3,(H,17,18). The van der Waals surface area contributed by atoms with E-state index in [1.54, 1.807) is 7.11 Å². The SMILES string of the molecule is CNc1c2c(nc3c(Br)cc(Br)c(OC)c13)CCOC2. The van der Waals surface area contributed by atoms with E-state index < -0.39 is 0 Å². The van der Waals surface area contributed by atoms with Gasteiger partial charge in [-0.25, -0.2) is 0 Å². The predicted octanol–water partition coefficient (Wildman–Crippen LogP) is 3.88. The number of hydrogen-bond acceptors (Lipinski definition) is 4. The highest BCUT2D eigenvalue weighted by Crippen LogP contribution is 2.43. The number of benzene rings is 1. The Labute approximate surface area is 134 Å². The van der Waals surface area contributed by atoms with Crippen LogP contribution in [0.1, 0.15) is 11.3 Å². The maximum absolute atomic E-state index is 5.58. The molecule has 1 aromatic heterocycles. The van der Waals surface area contributed by atoms with Gasteiger partial charge in [-0.2, -0.15) is 0 Å². The van der Waals surface area contributed by atoms with E-state index in [1.807, 2.05) is 13.1 Å². The van der Waals surface area contributed by atoms with Crippen LogP contribution < -0.4 is 10.1 Å². The van der Waals surface area contributed by atoms with E-state index in [1.165, 1.54) is 0 Å². The van der Waals surface area contributed by atoms with Crippen molar-refractivity contribution in [2.75, 3.05) is 26.1 Å². The monoisotopic (exact) mass is 400 g/mol. The lowest BCUT2D eigenvalue weighted by atomic mass is 10.0. The fourth-order valence-corrected chi connectivity index (χ4v) is 4.02. The Hall–Kier alpha value is -0.850. The van der Waals surface area contributed by atoms with Crippen LogP contribution in [0.5, 0.6) is 5.75 Å². The maximum Gasteiger partial charge on any atom is 0.144 e. The molecule has 1 aliphatic heterocycles. The van der Waals surface area contributed by atoms with Crippen molar-refractivity contribution >= 4 is 48.5 Å². The Morgan fingerprint density at radius 3 is 2.85 bits per heavy atom. The third-order valence-corrected chi connectivity index (χ3v) is 4.68. The third-order valence-electron chi connectivity index (χ3n) is 3.49. The van der Waals surface area contributed by atoms with Crippen molar-refractivity contribution in [1.82, 2.24) is 4.98 Å². The van der Waals surface area contributed by atoms with Gasteiger partial charge in [0.2, 0.25) is 0 Å². The minimum absolute atomic E-state index is 0.585. The Kier molecular flexibility index (Phi) is 3.88. The molecule has 0 saturated carbocycles. The number of pyridine rings is 1. The van der Waals surface area contributed by atoms with Crippen LogP contribution in [0, 0.1) is 0 Å². The number of ether oxygens (including phenoxy) is 2. The highest BCUT2D eigenvalue weighted by molar-refractivity contribution is 9.11. The molecule has 2 aromatic rings. The molecule has 4 nitrogen and oxygen atoms in total. The number of nitrogens with zero attached hydrogens (tertiary/aromatic N) is 1. The molecule has 1 aliphatic rings. The van der Waals surface area contributed by atoms with Crippen molar-refractivity contribution in [3.63, 3.8) is 0 Å². The van der Waals surface area contributed by atoms with Crippen LogP contribution in [-0.4, -0.2) is 25.7 Å². The average molecular weight is 402 g/mol. The fraction of sp³-hybridized carbons (Fsp3) is 0.357. The molecule has 1 N–H and O–H groups in total. The lowest BCUT2D eigenvalue weighted by molar-refractivity contribution is 0.110. The Morgan fingerprint density at radius 2 is 2.15 bits per heavy atom. The second-order valence-electron chi connectivity index (χ2n) is 4.56. The molecule has 0 radical (unpaired) electrons. The van der Waals surface area contributed by atoms with Gasteiger partial charge in [-0.05, 0) is 37.9 Å². The topological polar surface area (TPSA) is 43.4 Å². The molecule has 1 aromatic carbocycles. The molecular formula is C14H14Br2N2O2. The molecule has 6 heteroatoms. The predicted molar refractivity (Wildman–Crippen MR) is 86.6 cm³/mol. The second kappa shape index (κ2) is 5.50. The summed E-state index contributed by atoms with van der Waals surface area (Å²) in [5.41, 5.74) is 4.16. The number of methoxy groups -OCH3 is 1. The number of hydrogen-bond donors (Lipinski definition) is 1. The molecule has 0 atom stereocenters. The molecule has 0 spiro atoms. The number of rotatable bonds is 2. The molecule has 2 heterocycles. The zero-order valence-corrected chi connectivity index (χ0v) is 14.4. The summed E-state index contributed by atoms with van der Waals surface area (Å²) in [6.07, 6.45) is 0.838. The first-order valence-electron chi connectivity index (χ1n) is 6.30. The minimum Gasteiger partial charge on any atom is -0.495 e. The van der Waals surface area contributed by atoms with Crippen LogP contribution in [0.4, 0.5) is 5.69 Å². The van der Waals surface area contributed by atoms with Crippen LogP contribution >= 0.6 is 31.9 Å². The number of fused-ring (bicyclic) bond motifs is 2. The normalized spacial score (nSPS) is 14.2. The van der Waals surface area contributed by atoms with Crippen LogP contribution in [0.25, 0.3) is 10.9 Å². The van der Waals surface area contributed by atoms with Gasteiger partial charge in [0, 0.05) is 23.5 Å². The van der Waals surface area contributed by atoms with E-state index in [0.717, 1.165) is 55.6 Å². The van der Waals surface area contributed by atoms with Gasteiger partial charge in [-0.1, -0.05) is 0 Å². The molecule has 0 fully saturated rings. The van der Waals surface area contributed by atoms with E-state index in [4.69, 9.17) is 14.5 Å². The molecule has 0 saturated heterocycles. The van der Waals surface area contributed by atoms with E-state index in [-0.39, 0.29) is 0 Å². The van der Waals surface area contributed by atoms with Gasteiger partial charge in [-0.3, -0.25) is 4.98 Å². The van der Waals surface area contributed by atoms with Crippen LogP contribution in [0.2, 0.25) is 0 Å². The van der Waals surface area contributed by atoms with Crippen molar-refractivity contribution in [2.45, 2.75) is 13.0 Å². The van der Waals surface area contributed by atoms with E-state index in [2.05, 4.69) is 37.2 Å². The molecule has 0 unspecified atom stereocenters. The van der Waals surface area contributed by atoms with E-state index in [9.17, 15) is 0 Å². The van der Waals surface area contributed by atoms with Gasteiger partial charge in [0.1, 0.15) is 5.75 Å². The number of aromatic nitrogens is 1. The molecular weight excluding hydrogens is 388 g/mol. The quantitative estimate of drug-likeness (QED) is 0.829. The summed E-state index contributed by atoms with van der Waals surface area (Å²) in [5, 5.41) is 4.26. The molecule has 106 valence electrons. The van der Waals surface area contributed by atoms with Crippen molar-refractivity contribution < 1.29 is 9.47 Å². The van der Waals surface area contributed by atoms with Gasteiger partial charge in [0.25, 0.3) is 0 Å².